The second-order valence-electron chi connectivity index (χ2n) is 2.94. The molecule has 0 aliphatic rings. The molecule has 1 N–H and O–H groups in total. The first-order valence-corrected chi connectivity index (χ1v) is 4.36. The minimum absolute atomic E-state index is 0.426. The third-order valence-electron chi connectivity index (χ3n) is 1.98. The molecule has 0 spiro atoms. The van der Waals surface area contributed by atoms with Crippen molar-refractivity contribution in [1.82, 2.24) is 9.55 Å². The molecule has 1 heterocycles. The molecule has 1 rings (SSSR count). The minimum Gasteiger partial charge on any atom is -0.296 e. The standard InChI is InChI=1S/C11H12N2O2/c1-4-6-8(5-2)9-7-10(14)12-11(15)13(9)3/h4-7H,1-2H2,3H3,(H,12,14,15)/b8-6+. The van der Waals surface area contributed by atoms with Crippen LogP contribution in [0.4, 0.5) is 0 Å². The first-order chi connectivity index (χ1) is 7.10. The molecule has 0 aliphatic heterocycles. The van der Waals surface area contributed by atoms with Crippen LogP contribution in [0, 0.1) is 0 Å². The van der Waals surface area contributed by atoms with Crippen molar-refractivity contribution in [3.8, 4) is 0 Å². The summed E-state index contributed by atoms with van der Waals surface area (Å²) in [5.74, 6) is 0. The number of hydrogen-bond acceptors (Lipinski definition) is 2. The number of nitrogens with zero attached hydrogens (tertiary/aromatic N) is 1. The van der Waals surface area contributed by atoms with Gasteiger partial charge in [0.05, 0.1) is 5.69 Å². The van der Waals surface area contributed by atoms with E-state index >= 15 is 0 Å². The lowest BCUT2D eigenvalue weighted by Crippen LogP contribution is -2.29. The third-order valence-corrected chi connectivity index (χ3v) is 1.98. The Morgan fingerprint density at radius 2 is 2.13 bits per heavy atom. The Morgan fingerprint density at radius 3 is 2.67 bits per heavy atom. The number of H-pyrrole nitrogens is 1. The van der Waals surface area contributed by atoms with Gasteiger partial charge in [0.2, 0.25) is 0 Å². The molecule has 78 valence electrons. The normalized spacial score (nSPS) is 11.1. The van der Waals surface area contributed by atoms with Crippen LogP contribution >= 0.6 is 0 Å². The fourth-order valence-corrected chi connectivity index (χ4v) is 1.22. The zero-order chi connectivity index (χ0) is 11.4. The van der Waals surface area contributed by atoms with Crippen LogP contribution in [0.2, 0.25) is 0 Å². The highest BCUT2D eigenvalue weighted by molar-refractivity contribution is 5.72. The summed E-state index contributed by atoms with van der Waals surface area (Å²) in [5, 5.41) is 0. The second kappa shape index (κ2) is 4.41. The molecule has 0 saturated heterocycles. The molecule has 1 aromatic heterocycles. The maximum absolute atomic E-state index is 11.3. The molecule has 0 aromatic carbocycles. The van der Waals surface area contributed by atoms with E-state index in [-0.39, 0.29) is 0 Å². The van der Waals surface area contributed by atoms with Crippen LogP contribution in [0.1, 0.15) is 5.69 Å². The molecule has 4 nitrogen and oxygen atoms in total. The van der Waals surface area contributed by atoms with Crippen molar-refractivity contribution in [2.24, 2.45) is 7.05 Å². The number of allylic oxidation sites excluding steroid dienone is 4. The maximum Gasteiger partial charge on any atom is 0.328 e. The fourth-order valence-electron chi connectivity index (χ4n) is 1.22. The first-order valence-electron chi connectivity index (χ1n) is 4.36. The molecule has 0 amide bonds. The van der Waals surface area contributed by atoms with E-state index in [1.165, 1.54) is 10.6 Å². The van der Waals surface area contributed by atoms with E-state index in [2.05, 4.69) is 18.1 Å². The van der Waals surface area contributed by atoms with E-state index in [0.29, 0.717) is 11.3 Å². The van der Waals surface area contributed by atoms with Gasteiger partial charge in [-0.3, -0.25) is 14.3 Å². The largest absolute Gasteiger partial charge is 0.328 e. The van der Waals surface area contributed by atoms with E-state index in [4.69, 9.17) is 0 Å². The average Bonchev–Trinajstić information content (AvgIpc) is 2.20. The van der Waals surface area contributed by atoms with Crippen molar-refractivity contribution in [3.63, 3.8) is 0 Å². The van der Waals surface area contributed by atoms with Crippen molar-refractivity contribution in [1.29, 1.82) is 0 Å². The molecule has 0 unspecified atom stereocenters. The summed E-state index contributed by atoms with van der Waals surface area (Å²) in [7, 11) is 1.58. The Hall–Kier alpha value is -2.10. The lowest BCUT2D eigenvalue weighted by atomic mass is 10.1. The zero-order valence-corrected chi connectivity index (χ0v) is 8.49. The molecular weight excluding hydrogens is 192 g/mol. The lowest BCUT2D eigenvalue weighted by Gasteiger charge is -2.06. The number of hydrogen-bond donors (Lipinski definition) is 1. The zero-order valence-electron chi connectivity index (χ0n) is 8.49. The van der Waals surface area contributed by atoms with Gasteiger partial charge in [-0.15, -0.1) is 0 Å². The lowest BCUT2D eigenvalue weighted by molar-refractivity contribution is 0.786. The van der Waals surface area contributed by atoms with Crippen LogP contribution in [0.15, 0.2) is 47.0 Å². The van der Waals surface area contributed by atoms with Crippen LogP contribution < -0.4 is 11.2 Å². The van der Waals surface area contributed by atoms with Gasteiger partial charge in [0.15, 0.2) is 0 Å². The van der Waals surface area contributed by atoms with E-state index in [1.807, 2.05) is 0 Å². The smallest absolute Gasteiger partial charge is 0.296 e. The maximum atomic E-state index is 11.3. The summed E-state index contributed by atoms with van der Waals surface area (Å²) in [5.41, 5.74) is 0.313. The van der Waals surface area contributed by atoms with Crippen molar-refractivity contribution >= 4 is 5.57 Å². The van der Waals surface area contributed by atoms with Gasteiger partial charge < -0.3 is 0 Å². The number of aromatic amines is 1. The summed E-state index contributed by atoms with van der Waals surface area (Å²) in [6.07, 6.45) is 4.82. The Labute approximate surface area is 86.9 Å². The average molecular weight is 204 g/mol. The summed E-state index contributed by atoms with van der Waals surface area (Å²) < 4.78 is 1.35. The van der Waals surface area contributed by atoms with Crippen LogP contribution in [0.5, 0.6) is 0 Å². The van der Waals surface area contributed by atoms with Gasteiger partial charge in [0.1, 0.15) is 0 Å². The monoisotopic (exact) mass is 204 g/mol. The molecule has 0 saturated carbocycles. The summed E-state index contributed by atoms with van der Waals surface area (Å²) in [6, 6.07) is 1.35. The molecule has 15 heavy (non-hydrogen) atoms. The molecule has 0 atom stereocenters. The van der Waals surface area contributed by atoms with E-state index < -0.39 is 11.2 Å². The summed E-state index contributed by atoms with van der Waals surface area (Å²) in [6.45, 7) is 7.16. The summed E-state index contributed by atoms with van der Waals surface area (Å²) in [4.78, 5) is 24.6. The van der Waals surface area contributed by atoms with Crippen LogP contribution in [-0.4, -0.2) is 9.55 Å². The molecular formula is C11H12N2O2. The van der Waals surface area contributed by atoms with Gasteiger partial charge in [-0.1, -0.05) is 31.4 Å². The van der Waals surface area contributed by atoms with Gasteiger partial charge in [-0.25, -0.2) is 4.79 Å². The van der Waals surface area contributed by atoms with Crippen molar-refractivity contribution in [3.05, 3.63) is 64.0 Å². The second-order valence-corrected chi connectivity index (χ2v) is 2.94. The highest BCUT2D eigenvalue weighted by atomic mass is 16.2. The molecule has 4 heteroatoms. The van der Waals surface area contributed by atoms with Crippen molar-refractivity contribution in [2.75, 3.05) is 0 Å². The Morgan fingerprint density at radius 1 is 1.47 bits per heavy atom. The van der Waals surface area contributed by atoms with Crippen LogP contribution in [0.25, 0.3) is 5.57 Å². The highest BCUT2D eigenvalue weighted by Gasteiger charge is 2.04. The van der Waals surface area contributed by atoms with E-state index in [1.54, 1.807) is 25.3 Å². The quantitative estimate of drug-likeness (QED) is 0.741. The van der Waals surface area contributed by atoms with Gasteiger partial charge >= 0.3 is 5.69 Å². The number of rotatable bonds is 3. The predicted molar refractivity (Wildman–Crippen MR) is 60.7 cm³/mol. The predicted octanol–water partition coefficient (Wildman–Crippen LogP) is 0.829. The number of aromatic nitrogens is 2. The van der Waals surface area contributed by atoms with Crippen LogP contribution in [0.3, 0.4) is 0 Å². The number of nitrogens with one attached hydrogen (secondary N) is 1. The first kappa shape index (κ1) is 11.0. The Balaban J connectivity index is 3.55. The minimum atomic E-state index is -0.450. The molecule has 1 aromatic rings. The van der Waals surface area contributed by atoms with Gasteiger partial charge in [0, 0.05) is 13.1 Å². The van der Waals surface area contributed by atoms with Gasteiger partial charge in [-0.05, 0) is 5.57 Å². The SMILES string of the molecule is C=C/C=C(\C=C)c1cc(=O)[nH]c(=O)n1C. The molecule has 0 aliphatic carbocycles. The van der Waals surface area contributed by atoms with Gasteiger partial charge in [0.25, 0.3) is 5.56 Å². The van der Waals surface area contributed by atoms with Crippen molar-refractivity contribution in [2.45, 2.75) is 0 Å². The Bertz CT molecular complexity index is 532. The van der Waals surface area contributed by atoms with E-state index in [0.717, 1.165) is 0 Å². The van der Waals surface area contributed by atoms with Gasteiger partial charge in [-0.2, -0.15) is 0 Å². The van der Waals surface area contributed by atoms with Crippen molar-refractivity contribution < 1.29 is 0 Å². The third kappa shape index (κ3) is 2.22. The fraction of sp³-hybridized carbons (Fsp3) is 0.0909. The molecule has 0 radical (unpaired) electrons. The topological polar surface area (TPSA) is 54.9 Å². The molecule has 0 bridgehead atoms. The van der Waals surface area contributed by atoms with E-state index in [9.17, 15) is 9.59 Å². The van der Waals surface area contributed by atoms with Crippen LogP contribution in [-0.2, 0) is 7.05 Å². The highest BCUT2D eigenvalue weighted by Crippen LogP contribution is 2.10. The Kier molecular flexibility index (Phi) is 3.23. The molecule has 0 fully saturated rings. The summed E-state index contributed by atoms with van der Waals surface area (Å²) >= 11 is 0.